The Balaban J connectivity index is 1.57. The number of halogens is 1. The molecule has 0 saturated heterocycles. The zero-order valence-corrected chi connectivity index (χ0v) is 18.6. The van der Waals surface area contributed by atoms with Crippen molar-refractivity contribution >= 4 is 38.0 Å². The van der Waals surface area contributed by atoms with Gasteiger partial charge in [0.2, 0.25) is 0 Å². The third-order valence-corrected chi connectivity index (χ3v) is 6.07. The molecular formula is C28H17BrN2O. The van der Waals surface area contributed by atoms with Gasteiger partial charge < -0.3 is 4.42 Å². The Bertz CT molecular complexity index is 1560. The van der Waals surface area contributed by atoms with E-state index in [0.717, 1.165) is 43.3 Å². The van der Waals surface area contributed by atoms with Crippen LogP contribution in [0.4, 0.5) is 0 Å². The largest absolute Gasteiger partial charge is 0.452 e. The Kier molecular flexibility index (Phi) is 4.58. The summed E-state index contributed by atoms with van der Waals surface area (Å²) in [5.41, 5.74) is 7.43. The molecule has 0 atom stereocenters. The summed E-state index contributed by atoms with van der Waals surface area (Å²) in [7, 11) is 0. The van der Waals surface area contributed by atoms with E-state index in [0.29, 0.717) is 11.4 Å². The molecule has 0 aliphatic carbocycles. The van der Waals surface area contributed by atoms with Crippen LogP contribution in [0.1, 0.15) is 0 Å². The molecule has 6 aromatic rings. The lowest BCUT2D eigenvalue weighted by Crippen LogP contribution is -1.94. The van der Waals surface area contributed by atoms with Gasteiger partial charge in [0.15, 0.2) is 11.4 Å². The molecule has 152 valence electrons. The van der Waals surface area contributed by atoms with Gasteiger partial charge >= 0.3 is 0 Å². The molecule has 0 amide bonds. The van der Waals surface area contributed by atoms with Crippen LogP contribution in [0.15, 0.2) is 112 Å². The number of furan rings is 1. The second kappa shape index (κ2) is 7.74. The van der Waals surface area contributed by atoms with Crippen LogP contribution in [0, 0.1) is 0 Å². The first-order valence-electron chi connectivity index (χ1n) is 10.4. The molecule has 0 radical (unpaired) electrons. The minimum atomic E-state index is 0.679. The highest BCUT2D eigenvalue weighted by Crippen LogP contribution is 2.36. The normalized spacial score (nSPS) is 11.3. The molecule has 2 aromatic heterocycles. The maximum absolute atomic E-state index is 6.21. The average Bonchev–Trinajstić information content (AvgIpc) is 3.22. The molecular weight excluding hydrogens is 460 g/mol. The van der Waals surface area contributed by atoms with Gasteiger partial charge in [-0.2, -0.15) is 0 Å². The molecule has 0 fully saturated rings. The number of benzene rings is 4. The Hall–Kier alpha value is -3.76. The van der Waals surface area contributed by atoms with Crippen molar-refractivity contribution in [2.24, 2.45) is 0 Å². The summed E-state index contributed by atoms with van der Waals surface area (Å²) in [6.07, 6.45) is 0. The first-order chi connectivity index (χ1) is 15.8. The summed E-state index contributed by atoms with van der Waals surface area (Å²) in [4.78, 5) is 9.88. The minimum absolute atomic E-state index is 0.679. The molecule has 0 aliphatic heterocycles. The molecule has 0 bridgehead atoms. The standard InChI is InChI=1S/C28H17BrN2O/c29-22-15-16-24-23(17-22)26-27(32-24)25(20-9-5-2-6-10-20)30-28(31-26)21-13-11-19(12-14-21)18-7-3-1-4-8-18/h1-17H. The summed E-state index contributed by atoms with van der Waals surface area (Å²) in [6, 6.07) is 34.8. The molecule has 0 aliphatic rings. The highest BCUT2D eigenvalue weighted by Gasteiger charge is 2.18. The van der Waals surface area contributed by atoms with Crippen molar-refractivity contribution in [1.29, 1.82) is 0 Å². The highest BCUT2D eigenvalue weighted by atomic mass is 79.9. The summed E-state index contributed by atoms with van der Waals surface area (Å²) in [6.45, 7) is 0. The molecule has 0 saturated carbocycles. The third kappa shape index (κ3) is 3.29. The molecule has 0 N–H and O–H groups in total. The van der Waals surface area contributed by atoms with Crippen LogP contribution < -0.4 is 0 Å². The monoisotopic (exact) mass is 476 g/mol. The molecule has 6 rings (SSSR count). The van der Waals surface area contributed by atoms with Crippen LogP contribution in [0.25, 0.3) is 55.8 Å². The van der Waals surface area contributed by atoms with Crippen LogP contribution in [-0.4, -0.2) is 9.97 Å². The maximum atomic E-state index is 6.21. The smallest absolute Gasteiger partial charge is 0.180 e. The van der Waals surface area contributed by atoms with Gasteiger partial charge in [-0.1, -0.05) is 101 Å². The van der Waals surface area contributed by atoms with Gasteiger partial charge in [-0.15, -0.1) is 0 Å². The summed E-state index contributed by atoms with van der Waals surface area (Å²) in [5.74, 6) is 0.679. The average molecular weight is 477 g/mol. The first-order valence-corrected chi connectivity index (χ1v) is 11.2. The Labute approximate surface area is 193 Å². The molecule has 3 nitrogen and oxygen atoms in total. The Morgan fingerprint density at radius 1 is 0.594 bits per heavy atom. The molecule has 0 spiro atoms. The lowest BCUT2D eigenvalue weighted by atomic mass is 10.0. The van der Waals surface area contributed by atoms with E-state index in [1.54, 1.807) is 0 Å². The van der Waals surface area contributed by atoms with E-state index in [1.165, 1.54) is 5.56 Å². The van der Waals surface area contributed by atoms with E-state index >= 15 is 0 Å². The third-order valence-electron chi connectivity index (χ3n) is 5.57. The topological polar surface area (TPSA) is 38.9 Å². The SMILES string of the molecule is Brc1ccc2oc3c(-c4ccccc4)nc(-c4ccc(-c5ccccc5)cc4)nc3c2c1. The summed E-state index contributed by atoms with van der Waals surface area (Å²) < 4.78 is 7.20. The highest BCUT2D eigenvalue weighted by molar-refractivity contribution is 9.10. The van der Waals surface area contributed by atoms with Gasteiger partial charge in [0.05, 0.1) is 0 Å². The molecule has 2 heterocycles. The van der Waals surface area contributed by atoms with Crippen molar-refractivity contribution < 1.29 is 4.42 Å². The van der Waals surface area contributed by atoms with E-state index in [-0.39, 0.29) is 0 Å². The summed E-state index contributed by atoms with van der Waals surface area (Å²) >= 11 is 3.57. The predicted octanol–water partition coefficient (Wildman–Crippen LogP) is 8.14. The first kappa shape index (κ1) is 19.0. The predicted molar refractivity (Wildman–Crippen MR) is 133 cm³/mol. The number of hydrogen-bond acceptors (Lipinski definition) is 3. The minimum Gasteiger partial charge on any atom is -0.452 e. The Morgan fingerprint density at radius 2 is 1.22 bits per heavy atom. The fourth-order valence-electron chi connectivity index (χ4n) is 3.98. The van der Waals surface area contributed by atoms with E-state index in [9.17, 15) is 0 Å². The van der Waals surface area contributed by atoms with Crippen LogP contribution in [0.3, 0.4) is 0 Å². The van der Waals surface area contributed by atoms with Crippen molar-refractivity contribution in [2.75, 3.05) is 0 Å². The molecule has 0 unspecified atom stereocenters. The second-order valence-electron chi connectivity index (χ2n) is 7.63. The number of fused-ring (bicyclic) bond motifs is 3. The lowest BCUT2D eigenvalue weighted by molar-refractivity contribution is 0.667. The van der Waals surface area contributed by atoms with Crippen LogP contribution >= 0.6 is 15.9 Å². The number of nitrogens with zero attached hydrogens (tertiary/aromatic N) is 2. The molecule has 4 heteroatoms. The van der Waals surface area contributed by atoms with Crippen molar-refractivity contribution in [3.05, 3.63) is 108 Å². The second-order valence-corrected chi connectivity index (χ2v) is 8.54. The fraction of sp³-hybridized carbons (Fsp3) is 0. The number of hydrogen-bond donors (Lipinski definition) is 0. The number of rotatable bonds is 3. The van der Waals surface area contributed by atoms with Crippen molar-refractivity contribution in [1.82, 2.24) is 9.97 Å². The van der Waals surface area contributed by atoms with Crippen molar-refractivity contribution in [2.45, 2.75) is 0 Å². The zero-order valence-electron chi connectivity index (χ0n) is 17.0. The van der Waals surface area contributed by atoms with Gasteiger partial charge in [0.1, 0.15) is 16.8 Å². The summed E-state index contributed by atoms with van der Waals surface area (Å²) in [5, 5.41) is 0.969. The van der Waals surface area contributed by atoms with Gasteiger partial charge in [-0.25, -0.2) is 9.97 Å². The fourth-order valence-corrected chi connectivity index (χ4v) is 4.34. The van der Waals surface area contributed by atoms with Gasteiger partial charge in [-0.05, 0) is 29.3 Å². The molecule has 4 aromatic carbocycles. The van der Waals surface area contributed by atoms with Crippen LogP contribution in [0.5, 0.6) is 0 Å². The zero-order chi connectivity index (χ0) is 21.5. The van der Waals surface area contributed by atoms with Crippen molar-refractivity contribution in [3.8, 4) is 33.8 Å². The van der Waals surface area contributed by atoms with E-state index in [2.05, 4.69) is 64.5 Å². The van der Waals surface area contributed by atoms with Crippen molar-refractivity contribution in [3.63, 3.8) is 0 Å². The quantitative estimate of drug-likeness (QED) is 0.258. The van der Waals surface area contributed by atoms with E-state index in [1.807, 2.05) is 54.6 Å². The van der Waals surface area contributed by atoms with Gasteiger partial charge in [-0.3, -0.25) is 0 Å². The van der Waals surface area contributed by atoms with Crippen LogP contribution in [-0.2, 0) is 0 Å². The van der Waals surface area contributed by atoms with E-state index in [4.69, 9.17) is 14.4 Å². The molecule has 32 heavy (non-hydrogen) atoms. The van der Waals surface area contributed by atoms with E-state index < -0.39 is 0 Å². The Morgan fingerprint density at radius 3 is 1.94 bits per heavy atom. The van der Waals surface area contributed by atoms with Gasteiger partial charge in [0, 0.05) is 21.0 Å². The van der Waals surface area contributed by atoms with Gasteiger partial charge in [0.25, 0.3) is 0 Å². The maximum Gasteiger partial charge on any atom is 0.180 e. The lowest BCUT2D eigenvalue weighted by Gasteiger charge is -2.07. The number of aromatic nitrogens is 2. The van der Waals surface area contributed by atoms with Crippen LogP contribution in [0.2, 0.25) is 0 Å².